The van der Waals surface area contributed by atoms with Crippen molar-refractivity contribution in [1.29, 1.82) is 0 Å². The van der Waals surface area contributed by atoms with Crippen LogP contribution in [0.5, 0.6) is 0 Å². The summed E-state index contributed by atoms with van der Waals surface area (Å²) in [6.45, 7) is 7.26. The van der Waals surface area contributed by atoms with Crippen molar-refractivity contribution in [1.82, 2.24) is 5.32 Å². The molecule has 0 spiro atoms. The van der Waals surface area contributed by atoms with Crippen molar-refractivity contribution < 1.29 is 8.42 Å². The third kappa shape index (κ3) is 3.84. The summed E-state index contributed by atoms with van der Waals surface area (Å²) in [6.07, 6.45) is 0. The van der Waals surface area contributed by atoms with Gasteiger partial charge in [0, 0.05) is 11.4 Å². The molecule has 0 aliphatic heterocycles. The van der Waals surface area contributed by atoms with E-state index in [0.29, 0.717) is 17.1 Å². The predicted molar refractivity (Wildman–Crippen MR) is 88.4 cm³/mol. The molecule has 2 rings (SSSR count). The average molecular weight is 324 g/mol. The molecule has 2 N–H and O–H groups in total. The molecule has 1 heterocycles. The minimum Gasteiger partial charge on any atom is -0.312 e. The number of thiophene rings is 1. The van der Waals surface area contributed by atoms with Gasteiger partial charge < -0.3 is 5.32 Å². The van der Waals surface area contributed by atoms with E-state index < -0.39 is 10.0 Å². The van der Waals surface area contributed by atoms with Crippen molar-refractivity contribution in [2.75, 3.05) is 11.3 Å². The number of sulfonamides is 1. The summed E-state index contributed by atoms with van der Waals surface area (Å²) in [5.74, 6) is 0. The number of benzene rings is 1. The molecule has 2 aromatic rings. The van der Waals surface area contributed by atoms with Gasteiger partial charge in [0.25, 0.3) is 10.0 Å². The Bertz CT molecular complexity index is 721. The highest BCUT2D eigenvalue weighted by molar-refractivity contribution is 7.93. The van der Waals surface area contributed by atoms with Crippen LogP contribution in [0.15, 0.2) is 34.5 Å². The molecule has 0 amide bonds. The monoisotopic (exact) mass is 324 g/mol. The number of hydrogen-bond acceptors (Lipinski definition) is 4. The average Bonchev–Trinajstić information content (AvgIpc) is 2.89. The molecule has 0 saturated carbocycles. The van der Waals surface area contributed by atoms with E-state index in [1.807, 2.05) is 38.3 Å². The molecule has 0 atom stereocenters. The Hall–Kier alpha value is -1.37. The van der Waals surface area contributed by atoms with Crippen molar-refractivity contribution in [3.63, 3.8) is 0 Å². The maximum Gasteiger partial charge on any atom is 0.263 e. The Balaban J connectivity index is 2.28. The van der Waals surface area contributed by atoms with Crippen LogP contribution in [0.25, 0.3) is 0 Å². The SMILES string of the molecule is CCNCc1sccc1S(=O)(=O)Nc1ccc(C)cc1C. The molecule has 1 aromatic carbocycles. The molecule has 1 aromatic heterocycles. The standard InChI is InChI=1S/C15H20N2O2S2/c1-4-16-10-14-15(7-8-20-14)21(18,19)17-13-6-5-11(2)9-12(13)3/h5-9,16-17H,4,10H2,1-3H3. The Morgan fingerprint density at radius 1 is 1.19 bits per heavy atom. The zero-order chi connectivity index (χ0) is 15.5. The number of nitrogens with one attached hydrogen (secondary N) is 2. The molecule has 0 unspecified atom stereocenters. The largest absolute Gasteiger partial charge is 0.312 e. The van der Waals surface area contributed by atoms with E-state index in [4.69, 9.17) is 0 Å². The lowest BCUT2D eigenvalue weighted by Gasteiger charge is -2.12. The van der Waals surface area contributed by atoms with Crippen LogP contribution in [-0.4, -0.2) is 15.0 Å². The van der Waals surface area contributed by atoms with E-state index in [9.17, 15) is 8.42 Å². The Morgan fingerprint density at radius 2 is 1.95 bits per heavy atom. The van der Waals surface area contributed by atoms with Crippen LogP contribution in [0.3, 0.4) is 0 Å². The number of aryl methyl sites for hydroxylation is 2. The summed E-state index contributed by atoms with van der Waals surface area (Å²) in [7, 11) is -3.55. The van der Waals surface area contributed by atoms with Crippen LogP contribution in [0, 0.1) is 13.8 Å². The number of rotatable bonds is 6. The first-order chi connectivity index (χ1) is 9.94. The highest BCUT2D eigenvalue weighted by Crippen LogP contribution is 2.26. The Morgan fingerprint density at radius 3 is 2.62 bits per heavy atom. The molecular formula is C15H20N2O2S2. The van der Waals surface area contributed by atoms with E-state index in [1.165, 1.54) is 11.3 Å². The summed E-state index contributed by atoms with van der Waals surface area (Å²) in [6, 6.07) is 7.32. The predicted octanol–water partition coefficient (Wildman–Crippen LogP) is 3.28. The first-order valence-electron chi connectivity index (χ1n) is 6.81. The third-order valence-electron chi connectivity index (χ3n) is 3.16. The van der Waals surface area contributed by atoms with Crippen LogP contribution in [0.4, 0.5) is 5.69 Å². The molecule has 0 bridgehead atoms. The fourth-order valence-corrected chi connectivity index (χ4v) is 4.61. The quantitative estimate of drug-likeness (QED) is 0.857. The van der Waals surface area contributed by atoms with Gasteiger partial charge in [0.1, 0.15) is 4.90 Å². The van der Waals surface area contributed by atoms with Gasteiger partial charge in [-0.15, -0.1) is 11.3 Å². The van der Waals surface area contributed by atoms with Gasteiger partial charge in [0.05, 0.1) is 5.69 Å². The molecule has 4 nitrogen and oxygen atoms in total. The van der Waals surface area contributed by atoms with Crippen molar-refractivity contribution in [2.24, 2.45) is 0 Å². The van der Waals surface area contributed by atoms with Crippen LogP contribution >= 0.6 is 11.3 Å². The molecule has 0 fully saturated rings. The summed E-state index contributed by atoms with van der Waals surface area (Å²) in [5.41, 5.74) is 2.65. The van der Waals surface area contributed by atoms with E-state index >= 15 is 0 Å². The molecule has 0 radical (unpaired) electrons. The van der Waals surface area contributed by atoms with Crippen LogP contribution < -0.4 is 10.0 Å². The lowest BCUT2D eigenvalue weighted by molar-refractivity contribution is 0.599. The fraction of sp³-hybridized carbons (Fsp3) is 0.333. The van der Waals surface area contributed by atoms with E-state index in [0.717, 1.165) is 22.5 Å². The minimum absolute atomic E-state index is 0.355. The second-order valence-corrected chi connectivity index (χ2v) is 7.56. The van der Waals surface area contributed by atoms with Gasteiger partial charge in [-0.3, -0.25) is 4.72 Å². The zero-order valence-electron chi connectivity index (χ0n) is 12.4. The molecular weight excluding hydrogens is 304 g/mol. The zero-order valence-corrected chi connectivity index (χ0v) is 14.1. The fourth-order valence-electron chi connectivity index (χ4n) is 2.06. The normalized spacial score (nSPS) is 11.6. The topological polar surface area (TPSA) is 58.2 Å². The van der Waals surface area contributed by atoms with E-state index in [1.54, 1.807) is 12.1 Å². The van der Waals surface area contributed by atoms with Gasteiger partial charge in [0.15, 0.2) is 0 Å². The van der Waals surface area contributed by atoms with Crippen LogP contribution in [0.2, 0.25) is 0 Å². The van der Waals surface area contributed by atoms with Gasteiger partial charge in [0.2, 0.25) is 0 Å². The van der Waals surface area contributed by atoms with Crippen molar-refractivity contribution in [2.45, 2.75) is 32.2 Å². The molecule has 0 saturated heterocycles. The first kappa shape index (κ1) is 16.0. The summed E-state index contributed by atoms with van der Waals surface area (Å²) in [4.78, 5) is 1.18. The van der Waals surface area contributed by atoms with E-state index in [2.05, 4.69) is 10.0 Å². The molecule has 6 heteroatoms. The second kappa shape index (κ2) is 6.60. The Kier molecular flexibility index (Phi) is 5.03. The van der Waals surface area contributed by atoms with Crippen molar-refractivity contribution in [3.8, 4) is 0 Å². The molecule has 21 heavy (non-hydrogen) atoms. The van der Waals surface area contributed by atoms with Crippen LogP contribution in [0.1, 0.15) is 22.9 Å². The third-order valence-corrected chi connectivity index (χ3v) is 5.66. The minimum atomic E-state index is -3.55. The van der Waals surface area contributed by atoms with Gasteiger partial charge in [-0.25, -0.2) is 8.42 Å². The molecule has 0 aliphatic rings. The van der Waals surface area contributed by atoms with Crippen molar-refractivity contribution in [3.05, 3.63) is 45.6 Å². The highest BCUT2D eigenvalue weighted by Gasteiger charge is 2.20. The smallest absolute Gasteiger partial charge is 0.263 e. The summed E-state index contributed by atoms with van der Waals surface area (Å²) >= 11 is 1.45. The number of hydrogen-bond donors (Lipinski definition) is 2. The highest BCUT2D eigenvalue weighted by atomic mass is 32.2. The van der Waals surface area contributed by atoms with Gasteiger partial charge in [-0.2, -0.15) is 0 Å². The maximum atomic E-state index is 12.6. The summed E-state index contributed by atoms with van der Waals surface area (Å²) in [5, 5.41) is 4.97. The second-order valence-electron chi connectivity index (χ2n) is 4.91. The first-order valence-corrected chi connectivity index (χ1v) is 9.17. The molecule has 114 valence electrons. The lowest BCUT2D eigenvalue weighted by Crippen LogP contribution is -2.17. The maximum absolute atomic E-state index is 12.6. The van der Waals surface area contributed by atoms with Gasteiger partial charge >= 0.3 is 0 Å². The van der Waals surface area contributed by atoms with Gasteiger partial charge in [-0.1, -0.05) is 24.6 Å². The summed E-state index contributed by atoms with van der Waals surface area (Å²) < 4.78 is 27.8. The number of anilines is 1. The lowest BCUT2D eigenvalue weighted by atomic mass is 10.1. The van der Waals surface area contributed by atoms with E-state index in [-0.39, 0.29) is 0 Å². The van der Waals surface area contributed by atoms with Crippen LogP contribution in [-0.2, 0) is 16.6 Å². The molecule has 0 aliphatic carbocycles. The van der Waals surface area contributed by atoms with Crippen molar-refractivity contribution >= 4 is 27.0 Å². The Labute approximate surface area is 130 Å². The van der Waals surface area contributed by atoms with Gasteiger partial charge in [-0.05, 0) is 43.5 Å².